The van der Waals surface area contributed by atoms with Gasteiger partial charge in [0.2, 0.25) is 21.8 Å². The molecule has 1 aliphatic rings. The number of hydrogen-bond donors (Lipinski definition) is 0. The van der Waals surface area contributed by atoms with E-state index < -0.39 is 10.0 Å². The Morgan fingerprint density at radius 1 is 1.05 bits per heavy atom. The van der Waals surface area contributed by atoms with Crippen LogP contribution in [0.5, 0.6) is 0 Å². The van der Waals surface area contributed by atoms with Crippen LogP contribution in [-0.4, -0.2) is 66.6 Å². The third kappa shape index (κ3) is 8.75. The van der Waals surface area contributed by atoms with Crippen LogP contribution in [0.15, 0.2) is 53.4 Å². The maximum atomic E-state index is 13.8. The third-order valence-corrected chi connectivity index (χ3v) is 9.00. The molecule has 3 rings (SSSR count). The van der Waals surface area contributed by atoms with Crippen LogP contribution in [0.25, 0.3) is 0 Å². The Balaban J connectivity index is 1.83. The maximum absolute atomic E-state index is 13.8. The molecule has 0 spiro atoms. The Kier molecular flexibility index (Phi) is 11.3. The molecule has 0 aromatic heterocycles. The number of halogens is 2. The normalized spacial score (nSPS) is 14.7. The first kappa shape index (κ1) is 31.0. The molecule has 0 unspecified atom stereocenters. The number of likely N-dealkylation sites (tertiary alicyclic amines) is 1. The topological polar surface area (TPSA) is 78.0 Å². The number of unbranched alkanes of at least 4 members (excludes halogenated alkanes) is 1. The molecule has 2 aromatic rings. The van der Waals surface area contributed by atoms with Crippen molar-refractivity contribution in [1.82, 2.24) is 14.1 Å². The zero-order valence-corrected chi connectivity index (χ0v) is 24.6. The molecule has 39 heavy (non-hydrogen) atoms. The highest BCUT2D eigenvalue weighted by Crippen LogP contribution is 2.24. The van der Waals surface area contributed by atoms with E-state index in [0.29, 0.717) is 37.4 Å². The summed E-state index contributed by atoms with van der Waals surface area (Å²) in [7, 11) is -3.95. The van der Waals surface area contributed by atoms with Crippen LogP contribution in [0.2, 0.25) is 5.02 Å². The highest BCUT2D eigenvalue weighted by atomic mass is 35.5. The lowest BCUT2D eigenvalue weighted by molar-refractivity contribution is -0.137. The molecule has 214 valence electrons. The summed E-state index contributed by atoms with van der Waals surface area (Å²) in [5, 5.41) is 0.422. The first-order chi connectivity index (χ1) is 18.5. The van der Waals surface area contributed by atoms with E-state index in [0.717, 1.165) is 18.4 Å². The van der Waals surface area contributed by atoms with E-state index in [9.17, 15) is 22.4 Å². The average Bonchev–Trinajstić information content (AvgIpc) is 2.91. The molecule has 7 nitrogen and oxygen atoms in total. The number of carbonyl (C=O) groups excluding carboxylic acids is 2. The largest absolute Gasteiger partial charge is 0.343 e. The lowest BCUT2D eigenvalue weighted by Crippen LogP contribution is -2.51. The van der Waals surface area contributed by atoms with Gasteiger partial charge in [-0.05, 0) is 67.1 Å². The molecule has 0 aliphatic carbocycles. The van der Waals surface area contributed by atoms with Gasteiger partial charge < -0.3 is 9.80 Å². The van der Waals surface area contributed by atoms with Crippen molar-refractivity contribution in [3.8, 4) is 0 Å². The Morgan fingerprint density at radius 3 is 2.23 bits per heavy atom. The number of benzene rings is 2. The minimum atomic E-state index is -3.95. The van der Waals surface area contributed by atoms with Gasteiger partial charge in [-0.15, -0.1) is 0 Å². The highest BCUT2D eigenvalue weighted by molar-refractivity contribution is 7.89. The van der Waals surface area contributed by atoms with Crippen LogP contribution in [0.1, 0.15) is 58.4 Å². The highest BCUT2D eigenvalue weighted by Gasteiger charge is 2.33. The van der Waals surface area contributed by atoms with Crippen LogP contribution in [0, 0.1) is 11.7 Å². The van der Waals surface area contributed by atoms with Crippen LogP contribution in [-0.2, 0) is 26.2 Å². The van der Waals surface area contributed by atoms with Crippen molar-refractivity contribution < 1.29 is 22.4 Å². The second-order valence-corrected chi connectivity index (χ2v) is 12.9. The first-order valence-corrected chi connectivity index (χ1v) is 15.4. The molecule has 0 saturated carbocycles. The second kappa shape index (κ2) is 14.2. The van der Waals surface area contributed by atoms with Gasteiger partial charge in [0.15, 0.2) is 0 Å². The predicted molar refractivity (Wildman–Crippen MR) is 151 cm³/mol. The molecule has 0 N–H and O–H groups in total. The first-order valence-electron chi connectivity index (χ1n) is 13.6. The Labute approximate surface area is 237 Å². The lowest BCUT2D eigenvalue weighted by atomic mass is 10.0. The van der Waals surface area contributed by atoms with Crippen molar-refractivity contribution >= 4 is 33.4 Å². The summed E-state index contributed by atoms with van der Waals surface area (Å²) in [5.41, 5.74) is 0.752. The number of hydrogen-bond acceptors (Lipinski definition) is 4. The van der Waals surface area contributed by atoms with E-state index in [-0.39, 0.29) is 54.1 Å². The molecular formula is C29H39ClFN3O4S. The minimum absolute atomic E-state index is 0.0113. The smallest absolute Gasteiger partial charge is 0.243 e. The molecule has 10 heteroatoms. The van der Waals surface area contributed by atoms with Crippen molar-refractivity contribution in [3.05, 3.63) is 64.9 Å². The van der Waals surface area contributed by atoms with Gasteiger partial charge in [-0.25, -0.2) is 12.8 Å². The maximum Gasteiger partial charge on any atom is 0.243 e. The molecular weight excluding hydrogens is 541 g/mol. The number of sulfonamides is 1. The van der Waals surface area contributed by atoms with Gasteiger partial charge in [0.05, 0.1) is 11.4 Å². The average molecular weight is 580 g/mol. The standard InChI is InChI=1S/C29H39ClFN3O4S/c1-4-5-6-28(35)32-17-15-26(16-18-32)34(20-23-7-11-25(31)12-8-23)29(36)21-33(19-22(2)3)39(37,38)27-13-9-24(30)10-14-27/h7-14,22,26H,4-6,15-21H2,1-3H3. The molecule has 2 amide bonds. The van der Waals surface area contributed by atoms with Crippen LogP contribution in [0.4, 0.5) is 4.39 Å². The summed E-state index contributed by atoms with van der Waals surface area (Å²) in [4.78, 5) is 30.0. The fourth-order valence-corrected chi connectivity index (χ4v) is 6.45. The van der Waals surface area contributed by atoms with Crippen molar-refractivity contribution in [2.75, 3.05) is 26.2 Å². The van der Waals surface area contributed by atoms with Gasteiger partial charge in [0.1, 0.15) is 5.82 Å². The number of carbonyl (C=O) groups is 2. The van der Waals surface area contributed by atoms with E-state index in [1.807, 2.05) is 25.7 Å². The lowest BCUT2D eigenvalue weighted by Gasteiger charge is -2.39. The number of amides is 2. The zero-order valence-electron chi connectivity index (χ0n) is 23.0. The summed E-state index contributed by atoms with van der Waals surface area (Å²) < 4.78 is 41.9. The van der Waals surface area contributed by atoms with Gasteiger partial charge in [0.25, 0.3) is 0 Å². The van der Waals surface area contributed by atoms with E-state index >= 15 is 0 Å². The van der Waals surface area contributed by atoms with Gasteiger partial charge in [-0.1, -0.05) is 50.9 Å². The molecule has 1 aliphatic heterocycles. The summed E-state index contributed by atoms with van der Waals surface area (Å²) >= 11 is 5.96. The van der Waals surface area contributed by atoms with E-state index in [2.05, 4.69) is 0 Å². The van der Waals surface area contributed by atoms with Gasteiger partial charge in [0, 0.05) is 43.7 Å². The molecule has 0 atom stereocenters. The van der Waals surface area contributed by atoms with E-state index in [1.54, 1.807) is 17.0 Å². The molecule has 1 heterocycles. The molecule has 2 aromatic carbocycles. The van der Waals surface area contributed by atoms with Crippen LogP contribution < -0.4 is 0 Å². The summed E-state index contributed by atoms with van der Waals surface area (Å²) in [6.07, 6.45) is 3.51. The van der Waals surface area contributed by atoms with Crippen molar-refractivity contribution in [2.45, 2.75) is 70.4 Å². The third-order valence-electron chi connectivity index (χ3n) is 6.92. The SMILES string of the molecule is CCCCC(=O)N1CCC(N(Cc2ccc(F)cc2)C(=O)CN(CC(C)C)S(=O)(=O)c2ccc(Cl)cc2)CC1. The van der Waals surface area contributed by atoms with Gasteiger partial charge in [-0.3, -0.25) is 9.59 Å². The van der Waals surface area contributed by atoms with Crippen molar-refractivity contribution in [3.63, 3.8) is 0 Å². The number of piperidine rings is 1. The van der Waals surface area contributed by atoms with Gasteiger partial charge in [-0.2, -0.15) is 4.31 Å². The Hall–Kier alpha value is -2.49. The van der Waals surface area contributed by atoms with Crippen molar-refractivity contribution in [1.29, 1.82) is 0 Å². The molecule has 0 radical (unpaired) electrons. The quantitative estimate of drug-likeness (QED) is 0.340. The Bertz CT molecular complexity index is 1200. The fraction of sp³-hybridized carbons (Fsp3) is 0.517. The molecule has 1 saturated heterocycles. The predicted octanol–water partition coefficient (Wildman–Crippen LogP) is 5.34. The second-order valence-electron chi connectivity index (χ2n) is 10.5. The number of nitrogens with zero attached hydrogens (tertiary/aromatic N) is 3. The number of rotatable bonds is 12. The Morgan fingerprint density at radius 2 is 1.67 bits per heavy atom. The van der Waals surface area contributed by atoms with E-state index in [1.165, 1.54) is 40.7 Å². The van der Waals surface area contributed by atoms with Crippen molar-refractivity contribution in [2.24, 2.45) is 5.92 Å². The zero-order chi connectivity index (χ0) is 28.6. The minimum Gasteiger partial charge on any atom is -0.343 e. The fourth-order valence-electron chi connectivity index (χ4n) is 4.77. The van der Waals surface area contributed by atoms with Crippen LogP contribution >= 0.6 is 11.6 Å². The van der Waals surface area contributed by atoms with Crippen LogP contribution in [0.3, 0.4) is 0 Å². The summed E-state index contributed by atoms with van der Waals surface area (Å²) in [6.45, 7) is 7.01. The summed E-state index contributed by atoms with van der Waals surface area (Å²) in [5.74, 6) is -0.576. The van der Waals surface area contributed by atoms with Gasteiger partial charge >= 0.3 is 0 Å². The molecule has 1 fully saturated rings. The monoisotopic (exact) mass is 579 g/mol. The van der Waals surface area contributed by atoms with E-state index in [4.69, 9.17) is 11.6 Å². The summed E-state index contributed by atoms with van der Waals surface area (Å²) in [6, 6.07) is 11.7. The molecule has 0 bridgehead atoms.